The van der Waals surface area contributed by atoms with Gasteiger partial charge in [0.05, 0.1) is 89.7 Å². The van der Waals surface area contributed by atoms with Crippen molar-refractivity contribution in [2.75, 3.05) is 5.73 Å². The zero-order valence-corrected chi connectivity index (χ0v) is 67.5. The second kappa shape index (κ2) is 33.5. The van der Waals surface area contributed by atoms with Crippen LogP contribution in [0, 0.1) is 17.5 Å². The summed E-state index contributed by atoms with van der Waals surface area (Å²) >= 11 is 4.42. The van der Waals surface area contributed by atoms with E-state index in [-0.39, 0.29) is 24.1 Å². The Kier molecular flexibility index (Phi) is 20.8. The van der Waals surface area contributed by atoms with Crippen LogP contribution in [0.1, 0.15) is 38.9 Å². The number of ether oxygens (including phenoxy) is 3. The Bertz CT molecular complexity index is 7670. The lowest BCUT2D eigenvalue weighted by atomic mass is 10.1. The van der Waals surface area contributed by atoms with Gasteiger partial charge in [-0.05, 0) is 216 Å². The van der Waals surface area contributed by atoms with Crippen LogP contribution in [0.5, 0.6) is 12.0 Å². The molecule has 16 aromatic carbocycles. The highest BCUT2D eigenvalue weighted by atomic mass is 32.1. The van der Waals surface area contributed by atoms with Crippen molar-refractivity contribution in [2.45, 2.75) is 39.3 Å². The van der Waals surface area contributed by atoms with E-state index in [9.17, 15) is 13.2 Å². The molecular formula is C106H75F3N10O4S. The van der Waals surface area contributed by atoms with Crippen molar-refractivity contribution in [3.8, 4) is 51.6 Å². The minimum atomic E-state index is -0.377. The maximum atomic E-state index is 13.2. The van der Waals surface area contributed by atoms with Crippen LogP contribution in [0.3, 0.4) is 0 Å². The van der Waals surface area contributed by atoms with Crippen LogP contribution >= 0.6 is 12.2 Å². The second-order valence-electron chi connectivity index (χ2n) is 30.3. The van der Waals surface area contributed by atoms with E-state index in [2.05, 4.69) is 257 Å². The molecule has 600 valence electrons. The average molecular weight is 1640 g/mol. The number of nitrogen functional groups attached to an aromatic ring is 1. The molecule has 5 aromatic heterocycles. The Morgan fingerprint density at radius 3 is 1.36 bits per heavy atom. The predicted octanol–water partition coefficient (Wildman–Crippen LogP) is 25.5. The third kappa shape index (κ3) is 14.8. The molecule has 18 heteroatoms. The van der Waals surface area contributed by atoms with Crippen molar-refractivity contribution < 1.29 is 32.5 Å². The quantitative estimate of drug-likeness (QED) is 0.0910. The number of rotatable bonds is 7. The van der Waals surface area contributed by atoms with E-state index in [1.807, 2.05) is 108 Å². The molecule has 0 saturated carbocycles. The highest BCUT2D eigenvalue weighted by Crippen LogP contribution is 2.43. The lowest BCUT2D eigenvalue weighted by molar-refractivity contribution is 0.265. The van der Waals surface area contributed by atoms with E-state index < -0.39 is 0 Å². The van der Waals surface area contributed by atoms with Gasteiger partial charge in [-0.25, -0.2) is 18.2 Å². The molecule has 25 rings (SSSR count). The molecule has 0 atom stereocenters. The summed E-state index contributed by atoms with van der Waals surface area (Å²) in [5.74, 6) is -0.192. The molecular weight excluding hydrogens is 1570 g/mol. The lowest BCUT2D eigenvalue weighted by Crippen LogP contribution is -2.13. The number of halogens is 3. The molecule has 1 aliphatic carbocycles. The van der Waals surface area contributed by atoms with Gasteiger partial charge in [-0.2, -0.15) is 15.0 Å². The summed E-state index contributed by atoms with van der Waals surface area (Å²) in [4.78, 5) is 17.3. The zero-order valence-electron chi connectivity index (χ0n) is 66.7. The van der Waals surface area contributed by atoms with Crippen LogP contribution in [0.25, 0.3) is 127 Å². The number of nitrogens with zero attached hydrogens (tertiary/aromatic N) is 9. The summed E-state index contributed by atoms with van der Waals surface area (Å²) in [5.41, 5.74) is 34.2. The molecule has 0 radical (unpaired) electrons. The van der Waals surface area contributed by atoms with Crippen LogP contribution in [-0.2, 0) is 44.0 Å². The van der Waals surface area contributed by atoms with Crippen LogP contribution in [-0.4, -0.2) is 49.0 Å². The number of fused-ring (bicyclic) bond motifs is 23. The molecule has 14 nitrogen and oxygen atoms in total. The fourth-order valence-electron chi connectivity index (χ4n) is 17.1. The van der Waals surface area contributed by atoms with Gasteiger partial charge in [0.25, 0.3) is 0 Å². The molecule has 8 heterocycles. The van der Waals surface area contributed by atoms with E-state index in [1.165, 1.54) is 136 Å². The van der Waals surface area contributed by atoms with Crippen LogP contribution in [0.15, 0.2) is 374 Å². The van der Waals surface area contributed by atoms with E-state index >= 15 is 0 Å². The number of thiocarbonyl (C=S) groups is 1. The average Bonchev–Trinajstić information content (AvgIpc) is 1.55. The maximum absolute atomic E-state index is 13.2. The first kappa shape index (κ1) is 76.9. The van der Waals surface area contributed by atoms with Gasteiger partial charge in [-0.15, -0.1) is 0 Å². The first-order valence-electron chi connectivity index (χ1n) is 40.7. The predicted molar refractivity (Wildman–Crippen MR) is 495 cm³/mol. The van der Waals surface area contributed by atoms with Gasteiger partial charge in [0.15, 0.2) is 5.90 Å². The summed E-state index contributed by atoms with van der Waals surface area (Å²) in [5, 5.41) is 18.5. The minimum absolute atomic E-state index is 0.219. The monoisotopic (exact) mass is 1640 g/mol. The number of imidazole rings is 2. The highest BCUT2D eigenvalue weighted by molar-refractivity contribution is 7.78. The maximum Gasteiger partial charge on any atom is 0.302 e. The summed E-state index contributed by atoms with van der Waals surface area (Å²) in [6.07, 6.45) is 1.70. The number of nitrogens with two attached hydrogens (primary N) is 1. The molecule has 0 saturated heterocycles. The molecule has 124 heavy (non-hydrogen) atoms. The highest BCUT2D eigenvalue weighted by Gasteiger charge is 2.27. The van der Waals surface area contributed by atoms with Crippen LogP contribution < -0.4 is 15.2 Å². The Morgan fingerprint density at radius 1 is 0.363 bits per heavy atom. The van der Waals surface area contributed by atoms with Crippen molar-refractivity contribution in [1.82, 2.24) is 32.8 Å². The van der Waals surface area contributed by atoms with Gasteiger partial charge >= 0.3 is 12.0 Å². The Labute approximate surface area is 715 Å². The third-order valence-electron chi connectivity index (χ3n) is 22.8. The van der Waals surface area contributed by atoms with E-state index in [4.69, 9.17) is 30.0 Å². The molecule has 0 unspecified atom stereocenters. The number of hydrogen-bond acceptors (Lipinski definition) is 10. The summed E-state index contributed by atoms with van der Waals surface area (Å²) in [6, 6.07) is 123. The normalized spacial score (nSPS) is 12.2. The molecule has 0 bridgehead atoms. The standard InChI is InChI=1S/C38H24N4O.C25H17N.C15H12FNO.C14H9FN2O.C7H8FNO.C7H5NS/c1-5-13-33-27(9-1)28-10-2-6-14-34(28)41(33)26-18-20-36-30(22-26)29-11-3-7-15-35(29)40(36)25-17-19-32-24(21-25)23-43-38-39-31-12-4-8-16-37(31)42(32)38;1-2-8-20-17(7-1)15-18-13-14-19(16-23(18)20)26-24-11-5-3-9-21(24)22-10-4-6-12-25(22)26;16-13-6-7-14-12(9-13)10-18-15(17-14)8-11-4-2-1-3-5-11;15-10-5-6-12-9(7-10)8-18-14-16-11-3-1-2-4-13(11)17(12)14;8-6-1-2-7(9)5(3-6)4-10;9-6-8-7-4-2-1-3-5-7/h1-22H,23H2;1-14,16H,15H2;1-7,9H,8,10H2;1-7H,8H2;1-3,10H,4,9H2;1-5H. The van der Waals surface area contributed by atoms with Gasteiger partial charge in [-0.3, -0.25) is 9.13 Å². The Hall–Kier alpha value is -15.7. The second-order valence-corrected chi connectivity index (χ2v) is 30.5. The number of para-hydroxylation sites is 10. The first-order valence-corrected chi connectivity index (χ1v) is 41.1. The summed E-state index contributed by atoms with van der Waals surface area (Å²) in [7, 11) is 0. The summed E-state index contributed by atoms with van der Waals surface area (Å²) in [6.45, 7) is 1.01. The molecule has 3 N–H and O–H groups in total. The molecule has 0 fully saturated rings. The number of aromatic nitrogens is 7. The van der Waals surface area contributed by atoms with Crippen molar-refractivity contribution in [2.24, 2.45) is 9.98 Å². The van der Waals surface area contributed by atoms with E-state index in [0.29, 0.717) is 55.4 Å². The number of isothiocyanates is 1. The molecule has 3 aliphatic heterocycles. The molecule has 4 aliphatic rings. The number of hydrogen-bond donors (Lipinski definition) is 2. The van der Waals surface area contributed by atoms with Crippen molar-refractivity contribution in [3.05, 3.63) is 420 Å². The molecule has 21 aromatic rings. The largest absolute Gasteiger partial charge is 0.476 e. The fraction of sp³-hybridized carbons (Fsp3) is 0.0566. The topological polar surface area (TPSA) is 149 Å². The first-order chi connectivity index (χ1) is 61.0. The van der Waals surface area contributed by atoms with E-state index in [1.54, 1.807) is 12.1 Å². The van der Waals surface area contributed by atoms with Gasteiger partial charge in [0.1, 0.15) is 37.3 Å². The van der Waals surface area contributed by atoms with Crippen molar-refractivity contribution >= 4 is 128 Å². The van der Waals surface area contributed by atoms with Gasteiger partial charge < -0.3 is 38.8 Å². The molecule has 0 amide bonds. The Balaban J connectivity index is 0.000000103. The smallest absolute Gasteiger partial charge is 0.302 e. The van der Waals surface area contributed by atoms with E-state index in [0.717, 1.165) is 84.9 Å². The van der Waals surface area contributed by atoms with Crippen LogP contribution in [0.2, 0.25) is 0 Å². The van der Waals surface area contributed by atoms with Crippen LogP contribution in [0.4, 0.5) is 30.2 Å². The number of anilines is 1. The van der Waals surface area contributed by atoms with Crippen molar-refractivity contribution in [3.63, 3.8) is 0 Å². The Morgan fingerprint density at radius 2 is 0.790 bits per heavy atom. The number of benzene rings is 16. The third-order valence-corrected chi connectivity index (χ3v) is 22.9. The lowest BCUT2D eigenvalue weighted by Gasteiger charge is -2.21. The number of aliphatic hydroxyl groups excluding tert-OH is 1. The van der Waals surface area contributed by atoms with Gasteiger partial charge in [0, 0.05) is 83.7 Å². The number of aliphatic hydroxyl groups is 1. The van der Waals surface area contributed by atoms with Crippen molar-refractivity contribution in [1.29, 1.82) is 0 Å². The summed E-state index contributed by atoms with van der Waals surface area (Å²) < 4.78 is 67.1. The number of aliphatic imine (C=N–C) groups is 2. The van der Waals surface area contributed by atoms with Gasteiger partial charge in [0.2, 0.25) is 0 Å². The minimum Gasteiger partial charge on any atom is -0.476 e. The molecule has 0 spiro atoms. The fourth-order valence-corrected chi connectivity index (χ4v) is 17.3. The van der Waals surface area contributed by atoms with Gasteiger partial charge in [-0.1, -0.05) is 194 Å². The zero-order chi connectivity index (χ0) is 83.7. The SMILES string of the molecule is Fc1ccc2c(c1)COC(Cc1ccccc1)=N2.Fc1ccc2c(c1)COc1nc3ccccc3n1-2.Nc1ccc(F)cc1CO.S=C=Nc1ccccc1.c1ccc2c(c1)Cc1ccc(-n3c4ccccc4c4ccccc43)cc1-2.c1ccc2c(c1)nc1n2-c2ccc(-n3c4ccccc4c4cc(-n5c6ccccc6c6ccccc65)ccc43)cc2CO1.